The molecule has 3 heterocycles. The number of aryl methyl sites for hydroxylation is 1. The van der Waals surface area contributed by atoms with Crippen LogP contribution in [0.15, 0.2) is 48.5 Å². The first-order valence-corrected chi connectivity index (χ1v) is 12.2. The lowest BCUT2D eigenvalue weighted by Crippen LogP contribution is -2.52. The molecule has 0 atom stereocenters. The number of anilines is 1. The van der Waals surface area contributed by atoms with Crippen molar-refractivity contribution in [3.8, 4) is 0 Å². The minimum Gasteiger partial charge on any atom is -0.381 e. The molecule has 2 N–H and O–H groups in total. The Labute approximate surface area is 199 Å². The van der Waals surface area contributed by atoms with Crippen LogP contribution in [0.1, 0.15) is 43.5 Å². The summed E-state index contributed by atoms with van der Waals surface area (Å²) in [6.07, 6.45) is 3.61. The highest BCUT2D eigenvalue weighted by atomic mass is 16.5. The van der Waals surface area contributed by atoms with E-state index in [0.717, 1.165) is 53.8 Å². The normalized spacial score (nSPS) is 18.7. The summed E-state index contributed by atoms with van der Waals surface area (Å²) >= 11 is 0. The molecule has 2 fully saturated rings. The maximum atomic E-state index is 13.7. The van der Waals surface area contributed by atoms with E-state index in [2.05, 4.69) is 27.4 Å². The molecule has 178 valence electrons. The lowest BCUT2D eigenvalue weighted by molar-refractivity contribution is -0.142. The van der Waals surface area contributed by atoms with Gasteiger partial charge in [-0.05, 0) is 62.3 Å². The zero-order valence-electron chi connectivity index (χ0n) is 19.7. The van der Waals surface area contributed by atoms with E-state index >= 15 is 0 Å². The first-order valence-electron chi connectivity index (χ1n) is 12.2. The van der Waals surface area contributed by atoms with Crippen molar-refractivity contribution in [3.63, 3.8) is 0 Å². The lowest BCUT2D eigenvalue weighted by Gasteiger charge is -2.42. The molecule has 5 rings (SSSR count). The Morgan fingerprint density at radius 2 is 1.85 bits per heavy atom. The predicted octanol–water partition coefficient (Wildman–Crippen LogP) is 4.19. The van der Waals surface area contributed by atoms with Crippen molar-refractivity contribution in [2.75, 3.05) is 31.6 Å². The highest BCUT2D eigenvalue weighted by Crippen LogP contribution is 2.38. The van der Waals surface area contributed by atoms with Crippen LogP contribution in [0.5, 0.6) is 0 Å². The van der Waals surface area contributed by atoms with E-state index in [0.29, 0.717) is 32.7 Å². The number of nitrogens with one attached hydrogen (secondary N) is 2. The zero-order chi connectivity index (χ0) is 23.5. The lowest BCUT2D eigenvalue weighted by atomic mass is 9.72. The van der Waals surface area contributed by atoms with Gasteiger partial charge in [-0.15, -0.1) is 0 Å². The maximum absolute atomic E-state index is 13.7. The molecule has 2 amide bonds. The van der Waals surface area contributed by atoms with Crippen molar-refractivity contribution in [2.24, 2.45) is 5.92 Å². The Morgan fingerprint density at radius 3 is 2.59 bits per heavy atom. The third kappa shape index (κ3) is 4.57. The summed E-state index contributed by atoms with van der Waals surface area (Å²) in [5, 5.41) is 3.02. The minimum atomic E-state index is -0.493. The van der Waals surface area contributed by atoms with E-state index in [1.165, 1.54) is 0 Å². The fourth-order valence-corrected chi connectivity index (χ4v) is 5.44. The molecule has 0 bridgehead atoms. The first-order chi connectivity index (χ1) is 16.5. The number of aromatic amines is 1. The first kappa shape index (κ1) is 22.6. The van der Waals surface area contributed by atoms with Gasteiger partial charge in [0, 0.05) is 38.4 Å². The number of H-pyrrole nitrogens is 1. The number of carbonyl (C=O) groups is 2. The van der Waals surface area contributed by atoms with Crippen LogP contribution < -0.4 is 5.32 Å². The molecular formula is C27H32N4O3. The van der Waals surface area contributed by atoms with Gasteiger partial charge >= 0.3 is 0 Å². The van der Waals surface area contributed by atoms with E-state index in [1.54, 1.807) is 0 Å². The van der Waals surface area contributed by atoms with Crippen molar-refractivity contribution < 1.29 is 14.3 Å². The molecular weight excluding hydrogens is 428 g/mol. The summed E-state index contributed by atoms with van der Waals surface area (Å²) in [4.78, 5) is 36.0. The second kappa shape index (κ2) is 9.58. The van der Waals surface area contributed by atoms with Crippen LogP contribution in [0.3, 0.4) is 0 Å². The Kier molecular flexibility index (Phi) is 6.37. The van der Waals surface area contributed by atoms with Gasteiger partial charge in [-0.2, -0.15) is 0 Å². The van der Waals surface area contributed by atoms with Crippen LogP contribution in [0.4, 0.5) is 5.69 Å². The summed E-state index contributed by atoms with van der Waals surface area (Å²) in [5.41, 5.74) is 3.19. The van der Waals surface area contributed by atoms with Crippen LogP contribution in [0.25, 0.3) is 11.0 Å². The maximum Gasteiger partial charge on any atom is 0.233 e. The average molecular weight is 461 g/mol. The van der Waals surface area contributed by atoms with Gasteiger partial charge < -0.3 is 19.9 Å². The van der Waals surface area contributed by atoms with Crippen LogP contribution in [0, 0.1) is 12.8 Å². The molecule has 0 spiro atoms. The Hall–Kier alpha value is -3.19. The molecule has 0 radical (unpaired) electrons. The Balaban J connectivity index is 1.18. The number of imidazole rings is 1. The number of aromatic nitrogens is 2. The summed E-state index contributed by atoms with van der Waals surface area (Å²) in [6, 6.07) is 15.9. The van der Waals surface area contributed by atoms with E-state index in [9.17, 15) is 9.59 Å². The highest BCUT2D eigenvalue weighted by molar-refractivity contribution is 5.93. The number of nitrogens with zero attached hydrogens (tertiary/aromatic N) is 2. The number of fused-ring (bicyclic) bond motifs is 1. The zero-order valence-corrected chi connectivity index (χ0v) is 19.7. The number of hydrogen-bond donors (Lipinski definition) is 2. The van der Waals surface area contributed by atoms with Crippen LogP contribution in [-0.2, 0) is 19.7 Å². The van der Waals surface area contributed by atoms with Crippen molar-refractivity contribution in [1.82, 2.24) is 14.9 Å². The summed E-state index contributed by atoms with van der Waals surface area (Å²) in [6.45, 7) is 4.54. The molecule has 2 aromatic carbocycles. The van der Waals surface area contributed by atoms with Crippen LogP contribution in [0.2, 0.25) is 0 Å². The number of amides is 2. The van der Waals surface area contributed by atoms with E-state index in [1.807, 2.05) is 48.2 Å². The van der Waals surface area contributed by atoms with Crippen molar-refractivity contribution >= 4 is 28.5 Å². The molecule has 0 aliphatic carbocycles. The number of hydrogen-bond acceptors (Lipinski definition) is 4. The van der Waals surface area contributed by atoms with Gasteiger partial charge in [0.25, 0.3) is 0 Å². The molecule has 2 saturated heterocycles. The van der Waals surface area contributed by atoms with Crippen molar-refractivity contribution in [2.45, 2.75) is 44.4 Å². The SMILES string of the molecule is Cc1nc2ccc(NC(=O)CC3CCN(C(=O)C4(c5ccccc5)CCOCC4)CC3)cc2[nH]1. The van der Waals surface area contributed by atoms with Gasteiger partial charge in [0.05, 0.1) is 16.4 Å². The van der Waals surface area contributed by atoms with Crippen LogP contribution in [-0.4, -0.2) is 53.0 Å². The summed E-state index contributed by atoms with van der Waals surface area (Å²) in [7, 11) is 0. The monoisotopic (exact) mass is 460 g/mol. The van der Waals surface area contributed by atoms with E-state index in [4.69, 9.17) is 4.74 Å². The van der Waals surface area contributed by atoms with Gasteiger partial charge in [-0.25, -0.2) is 4.98 Å². The van der Waals surface area contributed by atoms with Crippen LogP contribution >= 0.6 is 0 Å². The fourth-order valence-electron chi connectivity index (χ4n) is 5.44. The fraction of sp³-hybridized carbons (Fsp3) is 0.444. The Bertz CT molecular complexity index is 1160. The number of rotatable bonds is 5. The number of piperidine rings is 1. The number of benzene rings is 2. The smallest absolute Gasteiger partial charge is 0.233 e. The molecule has 2 aliphatic heterocycles. The van der Waals surface area contributed by atoms with Gasteiger partial charge in [0.1, 0.15) is 5.82 Å². The van der Waals surface area contributed by atoms with Gasteiger partial charge in [0.2, 0.25) is 11.8 Å². The van der Waals surface area contributed by atoms with Gasteiger partial charge in [0.15, 0.2) is 0 Å². The van der Waals surface area contributed by atoms with E-state index < -0.39 is 5.41 Å². The number of likely N-dealkylation sites (tertiary alicyclic amines) is 1. The molecule has 0 saturated carbocycles. The molecule has 7 heteroatoms. The molecule has 3 aromatic rings. The number of carbonyl (C=O) groups excluding carboxylic acids is 2. The number of ether oxygens (including phenoxy) is 1. The second-order valence-electron chi connectivity index (χ2n) is 9.60. The van der Waals surface area contributed by atoms with Crippen molar-refractivity contribution in [3.05, 3.63) is 59.9 Å². The third-order valence-corrected chi connectivity index (χ3v) is 7.34. The molecule has 34 heavy (non-hydrogen) atoms. The minimum absolute atomic E-state index is 0.0190. The van der Waals surface area contributed by atoms with E-state index in [-0.39, 0.29) is 17.7 Å². The summed E-state index contributed by atoms with van der Waals surface area (Å²) in [5.74, 6) is 1.37. The standard InChI is InChI=1S/C27H32N4O3/c1-19-28-23-8-7-22(18-24(23)29-19)30-25(32)17-20-9-13-31(14-10-20)26(33)27(11-15-34-16-12-27)21-5-3-2-4-6-21/h2-8,18,20H,9-17H2,1H3,(H,28,29)(H,30,32). The summed E-state index contributed by atoms with van der Waals surface area (Å²) < 4.78 is 5.60. The largest absolute Gasteiger partial charge is 0.381 e. The molecule has 0 unspecified atom stereocenters. The second-order valence-corrected chi connectivity index (χ2v) is 9.60. The predicted molar refractivity (Wildman–Crippen MR) is 132 cm³/mol. The molecule has 1 aromatic heterocycles. The highest BCUT2D eigenvalue weighted by Gasteiger charge is 2.44. The quantitative estimate of drug-likeness (QED) is 0.598. The van der Waals surface area contributed by atoms with Crippen molar-refractivity contribution in [1.29, 1.82) is 0 Å². The van der Waals surface area contributed by atoms with Gasteiger partial charge in [-0.1, -0.05) is 30.3 Å². The van der Waals surface area contributed by atoms with Gasteiger partial charge in [-0.3, -0.25) is 9.59 Å². The third-order valence-electron chi connectivity index (χ3n) is 7.34. The average Bonchev–Trinajstić information content (AvgIpc) is 3.24. The topological polar surface area (TPSA) is 87.3 Å². The molecule has 7 nitrogen and oxygen atoms in total. The Morgan fingerprint density at radius 1 is 1.12 bits per heavy atom. The molecule has 2 aliphatic rings.